The lowest BCUT2D eigenvalue weighted by molar-refractivity contribution is -0.147. The van der Waals surface area contributed by atoms with Crippen LogP contribution in [0, 0.1) is 5.41 Å². The van der Waals surface area contributed by atoms with Gasteiger partial charge in [-0.1, -0.05) is 0 Å². The summed E-state index contributed by atoms with van der Waals surface area (Å²) in [5.74, 6) is -0.267. The molecule has 2 rings (SSSR count). The lowest BCUT2D eigenvalue weighted by atomic mass is 9.90. The maximum Gasteiger partial charge on any atom is 0.320 e. The summed E-state index contributed by atoms with van der Waals surface area (Å²) in [6.07, 6.45) is 1.86. The molecule has 8 nitrogen and oxygen atoms in total. The number of amides is 2. The van der Waals surface area contributed by atoms with Crippen LogP contribution in [0.4, 0.5) is 4.79 Å². The highest BCUT2D eigenvalue weighted by molar-refractivity contribution is 5.79. The first kappa shape index (κ1) is 13.3. The van der Waals surface area contributed by atoms with Crippen LogP contribution in [0.5, 0.6) is 0 Å². The van der Waals surface area contributed by atoms with E-state index in [4.69, 9.17) is 5.11 Å². The Balaban J connectivity index is 1.96. The molecule has 0 spiro atoms. The van der Waals surface area contributed by atoms with E-state index in [1.807, 2.05) is 0 Å². The summed E-state index contributed by atoms with van der Waals surface area (Å²) < 4.78 is 0. The highest BCUT2D eigenvalue weighted by atomic mass is 16.4. The molecule has 1 aromatic heterocycles. The van der Waals surface area contributed by atoms with Crippen molar-refractivity contribution >= 4 is 12.0 Å². The molecule has 0 saturated carbocycles. The second-order valence-corrected chi connectivity index (χ2v) is 5.11. The molecule has 1 fully saturated rings. The van der Waals surface area contributed by atoms with Crippen LogP contribution >= 0.6 is 0 Å². The molecule has 2 heterocycles. The van der Waals surface area contributed by atoms with Gasteiger partial charge in [0.2, 0.25) is 0 Å². The first-order valence-corrected chi connectivity index (χ1v) is 6.00. The van der Waals surface area contributed by atoms with Crippen LogP contribution in [-0.4, -0.2) is 62.2 Å². The van der Waals surface area contributed by atoms with Gasteiger partial charge in [0.1, 0.15) is 12.2 Å². The van der Waals surface area contributed by atoms with Gasteiger partial charge in [-0.2, -0.15) is 5.10 Å². The minimum Gasteiger partial charge on any atom is -0.481 e. The Morgan fingerprint density at radius 2 is 2.37 bits per heavy atom. The molecule has 1 aromatic rings. The van der Waals surface area contributed by atoms with E-state index in [2.05, 4.69) is 15.2 Å². The van der Waals surface area contributed by atoms with Crippen molar-refractivity contribution < 1.29 is 14.7 Å². The number of carboxylic acid groups (broad SMARTS) is 1. The third kappa shape index (κ3) is 2.67. The minimum atomic E-state index is -0.860. The molecule has 1 atom stereocenters. The van der Waals surface area contributed by atoms with Gasteiger partial charge in [0.05, 0.1) is 12.0 Å². The maximum absolute atomic E-state index is 12.2. The van der Waals surface area contributed by atoms with Crippen LogP contribution in [0.25, 0.3) is 0 Å². The fourth-order valence-electron chi connectivity index (χ4n) is 2.14. The van der Waals surface area contributed by atoms with E-state index in [0.717, 1.165) is 0 Å². The number of aliphatic carboxylic acids is 1. The number of carbonyl (C=O) groups is 2. The average molecular weight is 267 g/mol. The van der Waals surface area contributed by atoms with Gasteiger partial charge in [-0.25, -0.2) is 9.78 Å². The number of likely N-dealkylation sites (tertiary alicyclic amines) is 1. The Morgan fingerprint density at radius 3 is 2.89 bits per heavy atom. The predicted octanol–water partition coefficient (Wildman–Crippen LogP) is 0.153. The minimum absolute atomic E-state index is 0.193. The SMILES string of the molecule is CN(Cc1ncn[nH]1)C(=O)N1CCC(C)(C(=O)O)C1. The number of aromatic amines is 1. The highest BCUT2D eigenvalue weighted by Crippen LogP contribution is 2.30. The number of urea groups is 1. The largest absolute Gasteiger partial charge is 0.481 e. The summed E-state index contributed by atoms with van der Waals surface area (Å²) in [5, 5.41) is 15.5. The molecule has 0 radical (unpaired) electrons. The van der Waals surface area contributed by atoms with Gasteiger partial charge in [0.15, 0.2) is 0 Å². The molecule has 0 bridgehead atoms. The number of rotatable bonds is 3. The second-order valence-electron chi connectivity index (χ2n) is 5.11. The zero-order valence-corrected chi connectivity index (χ0v) is 11.0. The van der Waals surface area contributed by atoms with Crippen molar-refractivity contribution in [3.63, 3.8) is 0 Å². The van der Waals surface area contributed by atoms with Crippen molar-refractivity contribution in [3.8, 4) is 0 Å². The average Bonchev–Trinajstić information content (AvgIpc) is 2.98. The van der Waals surface area contributed by atoms with Crippen molar-refractivity contribution in [1.82, 2.24) is 25.0 Å². The first-order chi connectivity index (χ1) is 8.92. The molecular formula is C11H17N5O3. The van der Waals surface area contributed by atoms with E-state index in [9.17, 15) is 9.59 Å². The molecule has 19 heavy (non-hydrogen) atoms. The number of aromatic nitrogens is 3. The summed E-state index contributed by atoms with van der Waals surface area (Å²) in [4.78, 5) is 30.3. The van der Waals surface area contributed by atoms with Gasteiger partial charge < -0.3 is 14.9 Å². The third-order valence-electron chi connectivity index (χ3n) is 3.44. The van der Waals surface area contributed by atoms with Crippen LogP contribution in [0.1, 0.15) is 19.2 Å². The van der Waals surface area contributed by atoms with Gasteiger partial charge in [-0.3, -0.25) is 9.89 Å². The number of nitrogens with one attached hydrogen (secondary N) is 1. The predicted molar refractivity (Wildman–Crippen MR) is 65.2 cm³/mol. The lowest BCUT2D eigenvalue weighted by Gasteiger charge is -2.25. The molecule has 2 amide bonds. The molecule has 1 saturated heterocycles. The summed E-state index contributed by atoms with van der Waals surface area (Å²) in [6, 6.07) is -0.193. The van der Waals surface area contributed by atoms with E-state index in [1.54, 1.807) is 18.9 Å². The lowest BCUT2D eigenvalue weighted by Crippen LogP contribution is -2.41. The van der Waals surface area contributed by atoms with Gasteiger partial charge in [0.25, 0.3) is 0 Å². The fraction of sp³-hybridized carbons (Fsp3) is 0.636. The van der Waals surface area contributed by atoms with E-state index in [0.29, 0.717) is 25.3 Å². The topological polar surface area (TPSA) is 102 Å². The summed E-state index contributed by atoms with van der Waals surface area (Å²) in [6.45, 7) is 2.68. The Kier molecular flexibility index (Phi) is 3.41. The Bertz CT molecular complexity index is 475. The van der Waals surface area contributed by atoms with Crippen LogP contribution in [0.2, 0.25) is 0 Å². The van der Waals surface area contributed by atoms with Crippen LogP contribution in [-0.2, 0) is 11.3 Å². The molecule has 0 aliphatic carbocycles. The number of carboxylic acids is 1. The molecule has 104 valence electrons. The van der Waals surface area contributed by atoms with Crippen LogP contribution < -0.4 is 0 Å². The Morgan fingerprint density at radius 1 is 1.63 bits per heavy atom. The number of H-pyrrole nitrogens is 1. The van der Waals surface area contributed by atoms with Crippen molar-refractivity contribution in [2.45, 2.75) is 19.9 Å². The quantitative estimate of drug-likeness (QED) is 0.811. The van der Waals surface area contributed by atoms with Gasteiger partial charge in [-0.15, -0.1) is 0 Å². The molecule has 1 aliphatic rings. The molecule has 8 heteroatoms. The highest BCUT2D eigenvalue weighted by Gasteiger charge is 2.42. The summed E-state index contributed by atoms with van der Waals surface area (Å²) >= 11 is 0. The van der Waals surface area contributed by atoms with Crippen LogP contribution in [0.3, 0.4) is 0 Å². The number of carbonyl (C=O) groups excluding carboxylic acids is 1. The van der Waals surface area contributed by atoms with Gasteiger partial charge >= 0.3 is 12.0 Å². The molecule has 1 unspecified atom stereocenters. The fourth-order valence-corrected chi connectivity index (χ4v) is 2.14. The standard InChI is InChI=1S/C11H17N5O3/c1-11(9(17)18)3-4-16(6-11)10(19)15(2)5-8-12-7-13-14-8/h7H,3-6H2,1-2H3,(H,17,18)(H,12,13,14). The molecular weight excluding hydrogens is 250 g/mol. The van der Waals surface area contributed by atoms with Crippen molar-refractivity contribution in [2.75, 3.05) is 20.1 Å². The maximum atomic E-state index is 12.2. The smallest absolute Gasteiger partial charge is 0.320 e. The zero-order chi connectivity index (χ0) is 14.0. The van der Waals surface area contributed by atoms with E-state index >= 15 is 0 Å². The second kappa shape index (κ2) is 4.87. The van der Waals surface area contributed by atoms with Crippen LogP contribution in [0.15, 0.2) is 6.33 Å². The number of hydrogen-bond donors (Lipinski definition) is 2. The van der Waals surface area contributed by atoms with E-state index < -0.39 is 11.4 Å². The van der Waals surface area contributed by atoms with Crippen molar-refractivity contribution in [1.29, 1.82) is 0 Å². The van der Waals surface area contributed by atoms with E-state index in [1.165, 1.54) is 11.2 Å². The molecule has 1 aliphatic heterocycles. The first-order valence-electron chi connectivity index (χ1n) is 6.00. The monoisotopic (exact) mass is 267 g/mol. The molecule has 0 aromatic carbocycles. The Hall–Kier alpha value is -2.12. The van der Waals surface area contributed by atoms with Gasteiger partial charge in [0, 0.05) is 20.1 Å². The summed E-state index contributed by atoms with van der Waals surface area (Å²) in [7, 11) is 1.65. The van der Waals surface area contributed by atoms with Crippen molar-refractivity contribution in [2.24, 2.45) is 5.41 Å². The number of nitrogens with zero attached hydrogens (tertiary/aromatic N) is 4. The van der Waals surface area contributed by atoms with E-state index in [-0.39, 0.29) is 12.6 Å². The zero-order valence-electron chi connectivity index (χ0n) is 11.0. The van der Waals surface area contributed by atoms with Crippen molar-refractivity contribution in [3.05, 3.63) is 12.2 Å². The third-order valence-corrected chi connectivity index (χ3v) is 3.44. The Labute approximate surface area is 110 Å². The molecule has 2 N–H and O–H groups in total. The van der Waals surface area contributed by atoms with Gasteiger partial charge in [-0.05, 0) is 13.3 Å². The number of hydrogen-bond acceptors (Lipinski definition) is 4. The normalized spacial score (nSPS) is 22.5. The summed E-state index contributed by atoms with van der Waals surface area (Å²) in [5.41, 5.74) is -0.845.